The van der Waals surface area contributed by atoms with Gasteiger partial charge in [-0.15, -0.1) is 11.6 Å². The molecule has 0 aromatic heterocycles. The van der Waals surface area contributed by atoms with Crippen LogP contribution >= 0.6 is 23.2 Å². The first kappa shape index (κ1) is 9.17. The molecule has 0 N–H and O–H groups in total. The highest BCUT2D eigenvalue weighted by Gasteiger charge is 2.22. The van der Waals surface area contributed by atoms with Crippen LogP contribution in [0.2, 0.25) is 5.02 Å². The summed E-state index contributed by atoms with van der Waals surface area (Å²) in [7, 11) is 0. The molecule has 0 saturated heterocycles. The molecule has 0 spiro atoms. The van der Waals surface area contributed by atoms with Crippen LogP contribution in [0.3, 0.4) is 0 Å². The fraction of sp³-hybridized carbons (Fsp3) is 0.400. The summed E-state index contributed by atoms with van der Waals surface area (Å²) < 4.78 is 5.56. The van der Waals surface area contributed by atoms with Gasteiger partial charge in [-0.05, 0) is 24.1 Å². The standard InChI is InChI=1S/C10H10Cl2O/c1-6-2-8-3-7(5-11)4-9(12)10(8)13-6/h3-4,6H,2,5H2,1H3/t6-/m1/s1. The Kier molecular flexibility index (Phi) is 2.39. The number of fused-ring (bicyclic) bond motifs is 1. The molecule has 0 aliphatic carbocycles. The Bertz CT molecular complexity index is 336. The van der Waals surface area contributed by atoms with Crippen molar-refractivity contribution in [1.82, 2.24) is 0 Å². The minimum absolute atomic E-state index is 0.234. The molecule has 3 heteroatoms. The lowest BCUT2D eigenvalue weighted by atomic mass is 10.1. The molecule has 1 aromatic carbocycles. The van der Waals surface area contributed by atoms with Crippen molar-refractivity contribution in [2.75, 3.05) is 0 Å². The van der Waals surface area contributed by atoms with Gasteiger partial charge in [0.1, 0.15) is 11.9 Å². The topological polar surface area (TPSA) is 9.23 Å². The van der Waals surface area contributed by atoms with Crippen LogP contribution < -0.4 is 4.74 Å². The summed E-state index contributed by atoms with van der Waals surface area (Å²) in [5.74, 6) is 1.34. The Hall–Kier alpha value is -0.400. The molecule has 0 amide bonds. The van der Waals surface area contributed by atoms with Crippen molar-refractivity contribution in [2.45, 2.75) is 25.3 Å². The van der Waals surface area contributed by atoms with Gasteiger partial charge in [0, 0.05) is 12.3 Å². The van der Waals surface area contributed by atoms with E-state index in [0.717, 1.165) is 17.7 Å². The molecular formula is C10H10Cl2O. The number of hydrogen-bond donors (Lipinski definition) is 0. The number of ether oxygens (including phenoxy) is 1. The van der Waals surface area contributed by atoms with Crippen LogP contribution in [0.4, 0.5) is 0 Å². The van der Waals surface area contributed by atoms with Crippen LogP contribution in [0, 0.1) is 0 Å². The van der Waals surface area contributed by atoms with Crippen molar-refractivity contribution in [1.29, 1.82) is 0 Å². The average Bonchev–Trinajstić information content (AvgIpc) is 2.46. The fourth-order valence-electron chi connectivity index (χ4n) is 1.63. The molecule has 0 radical (unpaired) electrons. The molecule has 0 fully saturated rings. The largest absolute Gasteiger partial charge is 0.489 e. The summed E-state index contributed by atoms with van der Waals surface area (Å²) in [4.78, 5) is 0. The maximum Gasteiger partial charge on any atom is 0.141 e. The minimum Gasteiger partial charge on any atom is -0.489 e. The van der Waals surface area contributed by atoms with Crippen LogP contribution in [0.1, 0.15) is 18.1 Å². The molecule has 0 unspecified atom stereocenters. The second kappa shape index (κ2) is 3.39. The summed E-state index contributed by atoms with van der Waals surface area (Å²) in [5.41, 5.74) is 2.23. The zero-order valence-electron chi connectivity index (χ0n) is 7.31. The van der Waals surface area contributed by atoms with Crippen molar-refractivity contribution in [3.63, 3.8) is 0 Å². The Morgan fingerprint density at radius 3 is 3.00 bits per heavy atom. The number of rotatable bonds is 1. The molecule has 1 aliphatic heterocycles. The van der Waals surface area contributed by atoms with Gasteiger partial charge in [0.05, 0.1) is 5.02 Å². The van der Waals surface area contributed by atoms with Crippen molar-refractivity contribution in [2.24, 2.45) is 0 Å². The van der Waals surface area contributed by atoms with Crippen molar-refractivity contribution < 1.29 is 4.74 Å². The average molecular weight is 217 g/mol. The van der Waals surface area contributed by atoms with Gasteiger partial charge in [0.25, 0.3) is 0 Å². The second-order valence-corrected chi connectivity index (χ2v) is 4.01. The van der Waals surface area contributed by atoms with E-state index >= 15 is 0 Å². The summed E-state index contributed by atoms with van der Waals surface area (Å²) in [6.45, 7) is 2.04. The van der Waals surface area contributed by atoms with Gasteiger partial charge >= 0.3 is 0 Å². The van der Waals surface area contributed by atoms with Crippen molar-refractivity contribution in [3.05, 3.63) is 28.3 Å². The highest BCUT2D eigenvalue weighted by molar-refractivity contribution is 6.32. The first-order chi connectivity index (χ1) is 6.20. The van der Waals surface area contributed by atoms with Crippen molar-refractivity contribution in [3.8, 4) is 5.75 Å². The van der Waals surface area contributed by atoms with E-state index in [0.29, 0.717) is 10.9 Å². The second-order valence-electron chi connectivity index (χ2n) is 3.33. The molecule has 1 aromatic rings. The van der Waals surface area contributed by atoms with Gasteiger partial charge in [0.2, 0.25) is 0 Å². The van der Waals surface area contributed by atoms with Crippen LogP contribution in [0.15, 0.2) is 12.1 Å². The predicted molar refractivity (Wildman–Crippen MR) is 54.8 cm³/mol. The Balaban J connectivity index is 2.46. The molecule has 1 heterocycles. The van der Waals surface area contributed by atoms with Gasteiger partial charge in [-0.2, -0.15) is 0 Å². The first-order valence-electron chi connectivity index (χ1n) is 4.24. The molecule has 1 aliphatic rings. The molecule has 70 valence electrons. The number of halogens is 2. The third-order valence-electron chi connectivity index (χ3n) is 2.16. The number of alkyl halides is 1. The summed E-state index contributed by atoms with van der Waals surface area (Å²) in [5, 5.41) is 0.678. The molecule has 2 rings (SSSR count). The summed E-state index contributed by atoms with van der Waals surface area (Å²) in [6.07, 6.45) is 1.16. The third kappa shape index (κ3) is 1.63. The molecule has 1 atom stereocenters. The van der Waals surface area contributed by atoms with Gasteiger partial charge in [-0.1, -0.05) is 17.7 Å². The van der Waals surface area contributed by atoms with E-state index in [4.69, 9.17) is 27.9 Å². The summed E-state index contributed by atoms with van der Waals surface area (Å²) in [6, 6.07) is 3.93. The summed E-state index contributed by atoms with van der Waals surface area (Å²) >= 11 is 11.8. The molecule has 13 heavy (non-hydrogen) atoms. The molecule has 0 saturated carbocycles. The SMILES string of the molecule is C[C@@H]1Cc2cc(CCl)cc(Cl)c2O1. The highest BCUT2D eigenvalue weighted by Crippen LogP contribution is 2.37. The Labute approximate surface area is 87.6 Å². The van der Waals surface area contributed by atoms with Crippen LogP contribution in [-0.4, -0.2) is 6.10 Å². The molecule has 0 bridgehead atoms. The van der Waals surface area contributed by atoms with E-state index in [-0.39, 0.29) is 6.10 Å². The van der Waals surface area contributed by atoms with Gasteiger partial charge in [0.15, 0.2) is 0 Å². The van der Waals surface area contributed by atoms with E-state index < -0.39 is 0 Å². The number of benzene rings is 1. The van der Waals surface area contributed by atoms with Gasteiger partial charge < -0.3 is 4.74 Å². The monoisotopic (exact) mass is 216 g/mol. The Morgan fingerprint density at radius 1 is 1.54 bits per heavy atom. The number of hydrogen-bond acceptors (Lipinski definition) is 1. The molecule has 1 nitrogen and oxygen atoms in total. The molecular weight excluding hydrogens is 207 g/mol. The lowest BCUT2D eigenvalue weighted by molar-refractivity contribution is 0.255. The lowest BCUT2D eigenvalue weighted by Gasteiger charge is -2.05. The Morgan fingerprint density at radius 2 is 2.31 bits per heavy atom. The van der Waals surface area contributed by atoms with E-state index in [1.165, 1.54) is 5.56 Å². The van der Waals surface area contributed by atoms with Crippen LogP contribution in [0.25, 0.3) is 0 Å². The normalized spacial score (nSPS) is 19.8. The zero-order valence-corrected chi connectivity index (χ0v) is 8.82. The van der Waals surface area contributed by atoms with Gasteiger partial charge in [-0.3, -0.25) is 0 Å². The highest BCUT2D eigenvalue weighted by atomic mass is 35.5. The van der Waals surface area contributed by atoms with E-state index in [1.807, 2.05) is 13.0 Å². The third-order valence-corrected chi connectivity index (χ3v) is 2.75. The predicted octanol–water partition coefficient (Wildman–Crippen LogP) is 3.40. The zero-order chi connectivity index (χ0) is 9.42. The van der Waals surface area contributed by atoms with Crippen LogP contribution in [0.5, 0.6) is 5.75 Å². The maximum atomic E-state index is 6.04. The smallest absolute Gasteiger partial charge is 0.141 e. The van der Waals surface area contributed by atoms with E-state index in [1.54, 1.807) is 0 Å². The van der Waals surface area contributed by atoms with Gasteiger partial charge in [-0.25, -0.2) is 0 Å². The maximum absolute atomic E-state index is 6.04. The minimum atomic E-state index is 0.234. The quantitative estimate of drug-likeness (QED) is 0.655. The van der Waals surface area contributed by atoms with E-state index in [9.17, 15) is 0 Å². The lowest BCUT2D eigenvalue weighted by Crippen LogP contribution is -2.05. The van der Waals surface area contributed by atoms with Crippen LogP contribution in [-0.2, 0) is 12.3 Å². The van der Waals surface area contributed by atoms with Crippen molar-refractivity contribution >= 4 is 23.2 Å². The first-order valence-corrected chi connectivity index (χ1v) is 5.16. The van der Waals surface area contributed by atoms with E-state index in [2.05, 4.69) is 6.07 Å². The fourth-order valence-corrected chi connectivity index (χ4v) is 2.09.